The summed E-state index contributed by atoms with van der Waals surface area (Å²) in [5.74, 6) is 0.232. The number of hydrogen-bond acceptors (Lipinski definition) is 5. The number of benzene rings is 1. The lowest BCUT2D eigenvalue weighted by atomic mass is 9.79. The predicted octanol–water partition coefficient (Wildman–Crippen LogP) is 2.14. The van der Waals surface area contributed by atoms with Crippen molar-refractivity contribution >= 4 is 24.2 Å². The highest BCUT2D eigenvalue weighted by molar-refractivity contribution is 6.62. The van der Waals surface area contributed by atoms with Gasteiger partial charge < -0.3 is 24.1 Å². The van der Waals surface area contributed by atoms with E-state index in [4.69, 9.17) is 18.8 Å². The number of carbonyl (C=O) groups excluding carboxylic acids is 1. The van der Waals surface area contributed by atoms with Crippen LogP contribution in [-0.4, -0.2) is 44.6 Å². The van der Waals surface area contributed by atoms with Crippen molar-refractivity contribution < 1.29 is 23.6 Å². The van der Waals surface area contributed by atoms with E-state index in [1.54, 1.807) is 19.2 Å². The summed E-state index contributed by atoms with van der Waals surface area (Å²) in [6, 6.07) is 5.45. The van der Waals surface area contributed by atoms with E-state index in [0.29, 0.717) is 24.7 Å². The van der Waals surface area contributed by atoms with Crippen molar-refractivity contribution in [2.24, 2.45) is 0 Å². The van der Waals surface area contributed by atoms with Crippen LogP contribution < -0.4 is 15.5 Å². The Balaban J connectivity index is 2.27. The van der Waals surface area contributed by atoms with E-state index in [1.807, 2.05) is 33.8 Å². The van der Waals surface area contributed by atoms with Crippen molar-refractivity contribution in [3.05, 3.63) is 30.9 Å². The first-order valence-electron chi connectivity index (χ1n) is 8.25. The molecule has 1 N–H and O–H groups in total. The molecule has 0 aromatic heterocycles. The fourth-order valence-corrected chi connectivity index (χ4v) is 2.32. The van der Waals surface area contributed by atoms with Crippen molar-refractivity contribution in [3.8, 4) is 5.75 Å². The average molecular weight is 347 g/mol. The predicted molar refractivity (Wildman–Crippen MR) is 98.4 cm³/mol. The van der Waals surface area contributed by atoms with Crippen molar-refractivity contribution in [1.82, 2.24) is 0 Å². The van der Waals surface area contributed by atoms with E-state index in [2.05, 4.69) is 11.9 Å². The first-order valence-corrected chi connectivity index (χ1v) is 8.25. The van der Waals surface area contributed by atoms with Gasteiger partial charge in [0.2, 0.25) is 5.91 Å². The molecule has 136 valence electrons. The lowest BCUT2D eigenvalue weighted by molar-refractivity contribution is -0.111. The zero-order chi connectivity index (χ0) is 18.7. The SMILES string of the molecule is C=CC(=O)Nc1cc(B2OC(C)(C)C(C)(C)O2)ccc1OCCOC. The minimum Gasteiger partial charge on any atom is -0.489 e. The molecule has 25 heavy (non-hydrogen) atoms. The van der Waals surface area contributed by atoms with Gasteiger partial charge in [-0.25, -0.2) is 0 Å². The second-order valence-corrected chi connectivity index (χ2v) is 6.88. The van der Waals surface area contributed by atoms with Crippen LogP contribution in [-0.2, 0) is 18.8 Å². The Morgan fingerprint density at radius 2 is 1.88 bits per heavy atom. The van der Waals surface area contributed by atoms with Crippen LogP contribution in [0.5, 0.6) is 5.75 Å². The molecule has 6 nitrogen and oxygen atoms in total. The number of rotatable bonds is 7. The lowest BCUT2D eigenvalue weighted by Crippen LogP contribution is -2.41. The Morgan fingerprint density at radius 1 is 1.24 bits per heavy atom. The Hall–Kier alpha value is -1.83. The van der Waals surface area contributed by atoms with Gasteiger partial charge in [0.1, 0.15) is 12.4 Å². The van der Waals surface area contributed by atoms with Crippen LogP contribution >= 0.6 is 0 Å². The zero-order valence-corrected chi connectivity index (χ0v) is 15.5. The molecule has 0 spiro atoms. The standard InChI is InChI=1S/C18H26BNO5/c1-7-16(21)20-14-12-13(8-9-15(14)23-11-10-22-6)19-24-17(2,3)18(4,5)25-19/h7-9,12H,1,10-11H2,2-6H3,(H,20,21). The minimum absolute atomic E-state index is 0.317. The molecule has 0 aliphatic carbocycles. The van der Waals surface area contributed by atoms with Crippen molar-refractivity contribution in [1.29, 1.82) is 0 Å². The third-order valence-corrected chi connectivity index (χ3v) is 4.52. The van der Waals surface area contributed by atoms with Crippen molar-refractivity contribution in [2.75, 3.05) is 25.6 Å². The van der Waals surface area contributed by atoms with Crippen LogP contribution in [0.2, 0.25) is 0 Å². The van der Waals surface area contributed by atoms with Gasteiger partial charge >= 0.3 is 7.12 Å². The molecule has 1 aromatic rings. The summed E-state index contributed by atoms with van der Waals surface area (Å²) < 4.78 is 22.8. The van der Waals surface area contributed by atoms with E-state index in [9.17, 15) is 4.79 Å². The molecular weight excluding hydrogens is 321 g/mol. The summed E-state index contributed by atoms with van der Waals surface area (Å²) in [6.07, 6.45) is 1.21. The van der Waals surface area contributed by atoms with E-state index in [0.717, 1.165) is 5.46 Å². The van der Waals surface area contributed by atoms with E-state index in [1.165, 1.54) is 6.08 Å². The molecule has 1 aliphatic heterocycles. The van der Waals surface area contributed by atoms with Gasteiger partial charge in [0.05, 0.1) is 23.5 Å². The molecule has 0 atom stereocenters. The molecule has 1 amide bonds. The summed E-state index contributed by atoms with van der Waals surface area (Å²) in [5.41, 5.74) is 0.469. The second-order valence-electron chi connectivity index (χ2n) is 6.88. The molecule has 2 rings (SSSR count). The minimum atomic E-state index is -0.516. The Kier molecular flexibility index (Phi) is 5.93. The number of anilines is 1. The quantitative estimate of drug-likeness (QED) is 0.465. The van der Waals surface area contributed by atoms with Crippen LogP contribution in [0, 0.1) is 0 Å². The molecule has 0 radical (unpaired) electrons. The number of amides is 1. The molecule has 0 bridgehead atoms. The summed E-state index contributed by atoms with van der Waals surface area (Å²) in [4.78, 5) is 11.7. The monoisotopic (exact) mass is 347 g/mol. The number of methoxy groups -OCH3 is 1. The fraction of sp³-hybridized carbons (Fsp3) is 0.500. The van der Waals surface area contributed by atoms with Gasteiger partial charge in [-0.05, 0) is 51.4 Å². The van der Waals surface area contributed by atoms with Crippen LogP contribution in [0.3, 0.4) is 0 Å². The summed E-state index contributed by atoms with van der Waals surface area (Å²) in [7, 11) is 1.09. The first-order chi connectivity index (χ1) is 11.7. The van der Waals surface area contributed by atoms with Crippen molar-refractivity contribution in [3.63, 3.8) is 0 Å². The molecule has 1 aromatic carbocycles. The Labute approximate surface area is 149 Å². The van der Waals surface area contributed by atoms with Crippen LogP contribution in [0.25, 0.3) is 0 Å². The van der Waals surface area contributed by atoms with Crippen LogP contribution in [0.4, 0.5) is 5.69 Å². The molecule has 1 saturated heterocycles. The Bertz CT molecular complexity index is 628. The van der Waals surface area contributed by atoms with Gasteiger partial charge in [0, 0.05) is 7.11 Å². The van der Waals surface area contributed by atoms with Gasteiger partial charge in [0.25, 0.3) is 0 Å². The number of ether oxygens (including phenoxy) is 2. The van der Waals surface area contributed by atoms with Crippen LogP contribution in [0.15, 0.2) is 30.9 Å². The topological polar surface area (TPSA) is 66.0 Å². The van der Waals surface area contributed by atoms with Gasteiger partial charge in [-0.1, -0.05) is 12.6 Å². The maximum Gasteiger partial charge on any atom is 0.494 e. The number of hydrogen-bond donors (Lipinski definition) is 1. The molecular formula is C18H26BNO5. The third-order valence-electron chi connectivity index (χ3n) is 4.52. The van der Waals surface area contributed by atoms with E-state index >= 15 is 0 Å². The van der Waals surface area contributed by atoms with Crippen LogP contribution in [0.1, 0.15) is 27.7 Å². The molecule has 7 heteroatoms. The highest BCUT2D eigenvalue weighted by atomic mass is 16.7. The second kappa shape index (κ2) is 7.60. The highest BCUT2D eigenvalue weighted by Crippen LogP contribution is 2.37. The average Bonchev–Trinajstić information content (AvgIpc) is 2.76. The molecule has 1 aliphatic rings. The summed E-state index contributed by atoms with van der Waals surface area (Å²) >= 11 is 0. The molecule has 0 unspecified atom stereocenters. The number of nitrogens with one attached hydrogen (secondary N) is 1. The van der Waals surface area contributed by atoms with Gasteiger partial charge in [-0.2, -0.15) is 0 Å². The maximum atomic E-state index is 11.7. The fourth-order valence-electron chi connectivity index (χ4n) is 2.32. The largest absolute Gasteiger partial charge is 0.494 e. The normalized spacial score (nSPS) is 18.0. The molecule has 0 saturated carbocycles. The van der Waals surface area contributed by atoms with Gasteiger partial charge in [-0.15, -0.1) is 0 Å². The molecule has 1 heterocycles. The third kappa shape index (κ3) is 4.42. The zero-order valence-electron chi connectivity index (χ0n) is 15.5. The van der Waals surface area contributed by atoms with E-state index < -0.39 is 18.3 Å². The maximum absolute atomic E-state index is 11.7. The van der Waals surface area contributed by atoms with Gasteiger partial charge in [0.15, 0.2) is 0 Å². The molecule has 1 fully saturated rings. The summed E-state index contributed by atoms with van der Waals surface area (Å²) in [5, 5.41) is 2.76. The number of carbonyl (C=O) groups is 1. The van der Waals surface area contributed by atoms with E-state index in [-0.39, 0.29) is 5.91 Å². The highest BCUT2D eigenvalue weighted by Gasteiger charge is 2.51. The smallest absolute Gasteiger partial charge is 0.489 e. The van der Waals surface area contributed by atoms with Gasteiger partial charge in [-0.3, -0.25) is 4.79 Å². The van der Waals surface area contributed by atoms with Crippen molar-refractivity contribution in [2.45, 2.75) is 38.9 Å². The first kappa shape index (κ1) is 19.5. The lowest BCUT2D eigenvalue weighted by Gasteiger charge is -2.32. The summed E-state index contributed by atoms with van der Waals surface area (Å²) in [6.45, 7) is 12.3. The Morgan fingerprint density at radius 3 is 2.44 bits per heavy atom.